The maximum absolute atomic E-state index is 10.7. The molecule has 1 aliphatic carbocycles. The molecule has 2 aromatic rings. The first-order valence-corrected chi connectivity index (χ1v) is 7.46. The fourth-order valence-electron chi connectivity index (χ4n) is 2.33. The number of hydrogen-bond acceptors (Lipinski definition) is 5. The van der Waals surface area contributed by atoms with Crippen LogP contribution in [0.3, 0.4) is 0 Å². The lowest BCUT2D eigenvalue weighted by Gasteiger charge is -2.08. The first-order chi connectivity index (χ1) is 10.6. The molecular weight excluding hydrogens is 280 g/mol. The zero-order valence-corrected chi connectivity index (χ0v) is 12.5. The van der Waals surface area contributed by atoms with Crippen molar-refractivity contribution in [3.05, 3.63) is 46.1 Å². The van der Waals surface area contributed by atoms with E-state index in [-0.39, 0.29) is 5.69 Å². The second-order valence-corrected chi connectivity index (χ2v) is 5.68. The molecule has 6 nitrogen and oxygen atoms in total. The SMILES string of the molecule is Cc1cc(NCCC2CC2)nc(-c2ccc([N+](=O)[O-])cc2)n1. The van der Waals surface area contributed by atoms with E-state index in [1.54, 1.807) is 12.1 Å². The van der Waals surface area contributed by atoms with E-state index in [2.05, 4.69) is 15.3 Å². The zero-order valence-electron chi connectivity index (χ0n) is 12.5. The Labute approximate surface area is 128 Å². The molecular formula is C16H18N4O2. The lowest BCUT2D eigenvalue weighted by Crippen LogP contribution is -2.06. The van der Waals surface area contributed by atoms with Gasteiger partial charge in [-0.1, -0.05) is 12.8 Å². The van der Waals surface area contributed by atoms with Crippen LogP contribution in [-0.4, -0.2) is 21.4 Å². The van der Waals surface area contributed by atoms with Gasteiger partial charge in [0.15, 0.2) is 5.82 Å². The van der Waals surface area contributed by atoms with Crippen molar-refractivity contribution in [3.63, 3.8) is 0 Å². The molecule has 1 heterocycles. The molecule has 0 amide bonds. The van der Waals surface area contributed by atoms with E-state index >= 15 is 0 Å². The minimum absolute atomic E-state index is 0.0687. The highest BCUT2D eigenvalue weighted by atomic mass is 16.6. The fourth-order valence-corrected chi connectivity index (χ4v) is 2.33. The van der Waals surface area contributed by atoms with Crippen molar-refractivity contribution >= 4 is 11.5 Å². The van der Waals surface area contributed by atoms with Crippen LogP contribution in [0.15, 0.2) is 30.3 Å². The molecule has 1 aromatic carbocycles. The van der Waals surface area contributed by atoms with Crippen LogP contribution in [0, 0.1) is 23.0 Å². The molecule has 22 heavy (non-hydrogen) atoms. The van der Waals surface area contributed by atoms with Gasteiger partial charge in [-0.3, -0.25) is 10.1 Å². The maximum atomic E-state index is 10.7. The van der Waals surface area contributed by atoms with Gasteiger partial charge in [-0.2, -0.15) is 0 Å². The predicted molar refractivity (Wildman–Crippen MR) is 84.7 cm³/mol. The van der Waals surface area contributed by atoms with Crippen LogP contribution in [0.2, 0.25) is 0 Å². The third-order valence-electron chi connectivity index (χ3n) is 3.75. The van der Waals surface area contributed by atoms with Crippen LogP contribution in [0.4, 0.5) is 11.5 Å². The van der Waals surface area contributed by atoms with Gasteiger partial charge in [-0.25, -0.2) is 9.97 Å². The molecule has 0 atom stereocenters. The summed E-state index contributed by atoms with van der Waals surface area (Å²) < 4.78 is 0. The van der Waals surface area contributed by atoms with E-state index in [9.17, 15) is 10.1 Å². The fraction of sp³-hybridized carbons (Fsp3) is 0.375. The number of nitro groups is 1. The summed E-state index contributed by atoms with van der Waals surface area (Å²) in [6.45, 7) is 2.84. The van der Waals surface area contributed by atoms with E-state index in [1.165, 1.54) is 31.4 Å². The number of rotatable bonds is 6. The van der Waals surface area contributed by atoms with Crippen molar-refractivity contribution in [2.24, 2.45) is 5.92 Å². The molecule has 0 radical (unpaired) electrons. The molecule has 1 aromatic heterocycles. The Kier molecular flexibility index (Phi) is 4.00. The minimum atomic E-state index is -0.411. The Hall–Kier alpha value is -2.50. The van der Waals surface area contributed by atoms with Crippen LogP contribution in [0.1, 0.15) is 25.0 Å². The molecule has 3 rings (SSSR count). The summed E-state index contributed by atoms with van der Waals surface area (Å²) in [4.78, 5) is 19.2. The van der Waals surface area contributed by atoms with Gasteiger partial charge in [0.2, 0.25) is 0 Å². The highest BCUT2D eigenvalue weighted by Gasteiger charge is 2.20. The van der Waals surface area contributed by atoms with E-state index in [0.29, 0.717) is 5.82 Å². The van der Waals surface area contributed by atoms with Crippen molar-refractivity contribution in [2.75, 3.05) is 11.9 Å². The van der Waals surface area contributed by atoms with Gasteiger partial charge in [-0.15, -0.1) is 0 Å². The number of nitro benzene ring substituents is 1. The van der Waals surface area contributed by atoms with Crippen molar-refractivity contribution in [3.8, 4) is 11.4 Å². The van der Waals surface area contributed by atoms with Crippen molar-refractivity contribution in [1.29, 1.82) is 0 Å². The maximum Gasteiger partial charge on any atom is 0.269 e. The monoisotopic (exact) mass is 298 g/mol. The molecule has 1 aliphatic rings. The number of nitrogens with one attached hydrogen (secondary N) is 1. The van der Waals surface area contributed by atoms with E-state index in [1.807, 2.05) is 13.0 Å². The highest BCUT2D eigenvalue weighted by Crippen LogP contribution is 2.32. The summed E-state index contributed by atoms with van der Waals surface area (Å²) in [5.41, 5.74) is 1.72. The Morgan fingerprint density at radius 1 is 1.27 bits per heavy atom. The minimum Gasteiger partial charge on any atom is -0.370 e. The lowest BCUT2D eigenvalue weighted by atomic mass is 10.2. The number of non-ortho nitro benzene ring substituents is 1. The number of aryl methyl sites for hydroxylation is 1. The molecule has 6 heteroatoms. The van der Waals surface area contributed by atoms with Gasteiger partial charge < -0.3 is 5.32 Å². The highest BCUT2D eigenvalue weighted by molar-refractivity contribution is 5.59. The standard InChI is InChI=1S/C16H18N4O2/c1-11-10-15(17-9-8-12-2-3-12)19-16(18-11)13-4-6-14(7-5-13)20(21)22/h4-7,10,12H,2-3,8-9H2,1H3,(H,17,18,19). The third kappa shape index (κ3) is 3.58. The molecule has 1 fully saturated rings. The second-order valence-electron chi connectivity index (χ2n) is 5.68. The van der Waals surface area contributed by atoms with Gasteiger partial charge in [0.1, 0.15) is 5.82 Å². The number of anilines is 1. The lowest BCUT2D eigenvalue weighted by molar-refractivity contribution is -0.384. The van der Waals surface area contributed by atoms with Gasteiger partial charge in [0.05, 0.1) is 4.92 Å². The van der Waals surface area contributed by atoms with Gasteiger partial charge in [0, 0.05) is 36.0 Å². The predicted octanol–water partition coefficient (Wildman–Crippen LogP) is 3.57. The summed E-state index contributed by atoms with van der Waals surface area (Å²) in [5.74, 6) is 2.27. The van der Waals surface area contributed by atoms with E-state index in [4.69, 9.17) is 0 Å². The molecule has 1 saturated carbocycles. The Balaban J connectivity index is 1.76. The molecule has 114 valence electrons. The normalized spacial score (nSPS) is 13.9. The van der Waals surface area contributed by atoms with Crippen LogP contribution in [-0.2, 0) is 0 Å². The number of nitrogens with zero attached hydrogens (tertiary/aromatic N) is 3. The topological polar surface area (TPSA) is 81.0 Å². The zero-order chi connectivity index (χ0) is 15.5. The summed E-state index contributed by atoms with van der Waals surface area (Å²) in [7, 11) is 0. The van der Waals surface area contributed by atoms with Crippen molar-refractivity contribution in [1.82, 2.24) is 9.97 Å². The van der Waals surface area contributed by atoms with Crippen LogP contribution < -0.4 is 5.32 Å². The van der Waals surface area contributed by atoms with Crippen molar-refractivity contribution < 1.29 is 4.92 Å². The van der Waals surface area contributed by atoms with Gasteiger partial charge in [-0.05, 0) is 31.4 Å². The summed E-state index contributed by atoms with van der Waals surface area (Å²) in [6, 6.07) is 8.23. The van der Waals surface area contributed by atoms with Gasteiger partial charge in [0.25, 0.3) is 5.69 Å². The third-order valence-corrected chi connectivity index (χ3v) is 3.75. The number of benzene rings is 1. The largest absolute Gasteiger partial charge is 0.370 e. The smallest absolute Gasteiger partial charge is 0.269 e. The van der Waals surface area contributed by atoms with Crippen molar-refractivity contribution in [2.45, 2.75) is 26.2 Å². The average Bonchev–Trinajstić information content (AvgIpc) is 3.31. The van der Waals surface area contributed by atoms with Crippen LogP contribution in [0.5, 0.6) is 0 Å². The molecule has 0 unspecified atom stereocenters. The first kappa shape index (κ1) is 14.4. The number of hydrogen-bond donors (Lipinski definition) is 1. The molecule has 0 spiro atoms. The quantitative estimate of drug-likeness (QED) is 0.651. The summed E-state index contributed by atoms with van der Waals surface area (Å²) in [6.07, 6.45) is 3.87. The average molecular weight is 298 g/mol. The molecule has 0 aliphatic heterocycles. The van der Waals surface area contributed by atoms with E-state index in [0.717, 1.165) is 29.5 Å². The van der Waals surface area contributed by atoms with Crippen LogP contribution >= 0.6 is 0 Å². The molecule has 0 saturated heterocycles. The van der Waals surface area contributed by atoms with E-state index < -0.39 is 4.92 Å². The molecule has 1 N–H and O–H groups in total. The van der Waals surface area contributed by atoms with Gasteiger partial charge >= 0.3 is 0 Å². The summed E-state index contributed by atoms with van der Waals surface area (Å²) >= 11 is 0. The first-order valence-electron chi connectivity index (χ1n) is 7.46. The Morgan fingerprint density at radius 3 is 2.64 bits per heavy atom. The van der Waals surface area contributed by atoms with Crippen LogP contribution in [0.25, 0.3) is 11.4 Å². The Morgan fingerprint density at radius 2 is 2.00 bits per heavy atom. The Bertz CT molecular complexity index is 681. The number of aromatic nitrogens is 2. The molecule has 0 bridgehead atoms. The summed E-state index contributed by atoms with van der Waals surface area (Å²) in [5, 5.41) is 14.0. The second kappa shape index (κ2) is 6.09.